The lowest BCUT2D eigenvalue weighted by Gasteiger charge is -2.08. The van der Waals surface area contributed by atoms with Crippen molar-refractivity contribution in [3.05, 3.63) is 53.0 Å². The zero-order valence-corrected chi connectivity index (χ0v) is 10.7. The first-order valence-electron chi connectivity index (χ1n) is 6.05. The second-order valence-corrected chi connectivity index (χ2v) is 4.19. The standard InChI is InChI=1S/C14H13F2NO3/c1-2-8-3-4-9(20-8)7-17-13-5-10(14(18)19)11(15)6-12(13)16/h3-6,17H,2,7H2,1H3,(H,18,19). The Bertz CT molecular complexity index is 637. The zero-order chi connectivity index (χ0) is 14.7. The van der Waals surface area contributed by atoms with E-state index < -0.39 is 23.2 Å². The van der Waals surface area contributed by atoms with Gasteiger partial charge in [-0.3, -0.25) is 0 Å². The Morgan fingerprint density at radius 3 is 2.55 bits per heavy atom. The number of anilines is 1. The Hall–Kier alpha value is -2.37. The number of benzene rings is 1. The molecule has 0 spiro atoms. The molecule has 0 aliphatic rings. The fourth-order valence-electron chi connectivity index (χ4n) is 1.74. The Morgan fingerprint density at radius 2 is 1.95 bits per heavy atom. The van der Waals surface area contributed by atoms with Crippen LogP contribution in [0.15, 0.2) is 28.7 Å². The summed E-state index contributed by atoms with van der Waals surface area (Å²) in [4.78, 5) is 10.8. The van der Waals surface area contributed by atoms with Crippen LogP contribution in [0, 0.1) is 11.6 Å². The molecule has 2 aromatic rings. The van der Waals surface area contributed by atoms with Crippen LogP contribution in [-0.4, -0.2) is 11.1 Å². The highest BCUT2D eigenvalue weighted by Crippen LogP contribution is 2.21. The molecule has 20 heavy (non-hydrogen) atoms. The average Bonchev–Trinajstić information content (AvgIpc) is 2.85. The molecular weight excluding hydrogens is 268 g/mol. The number of carbonyl (C=O) groups is 1. The number of aromatic carboxylic acids is 1. The molecule has 106 valence electrons. The van der Waals surface area contributed by atoms with Gasteiger partial charge in [0.15, 0.2) is 0 Å². The van der Waals surface area contributed by atoms with E-state index in [1.54, 1.807) is 12.1 Å². The largest absolute Gasteiger partial charge is 0.478 e. The molecule has 1 heterocycles. The number of furan rings is 1. The molecule has 2 N–H and O–H groups in total. The second kappa shape index (κ2) is 5.73. The first kappa shape index (κ1) is 14.0. The van der Waals surface area contributed by atoms with Gasteiger partial charge in [0.25, 0.3) is 0 Å². The molecule has 6 heteroatoms. The minimum atomic E-state index is -1.45. The third-order valence-corrected chi connectivity index (χ3v) is 2.81. The van der Waals surface area contributed by atoms with Gasteiger partial charge in [-0.1, -0.05) is 6.92 Å². The highest BCUT2D eigenvalue weighted by atomic mass is 19.1. The van der Waals surface area contributed by atoms with E-state index in [2.05, 4.69) is 5.32 Å². The molecule has 0 saturated carbocycles. The number of aryl methyl sites for hydroxylation is 1. The van der Waals surface area contributed by atoms with Gasteiger partial charge in [0, 0.05) is 12.5 Å². The molecule has 0 fully saturated rings. The van der Waals surface area contributed by atoms with Crippen molar-refractivity contribution in [2.75, 3.05) is 5.32 Å². The summed E-state index contributed by atoms with van der Waals surface area (Å²) in [6.45, 7) is 2.12. The summed E-state index contributed by atoms with van der Waals surface area (Å²) >= 11 is 0. The lowest BCUT2D eigenvalue weighted by Crippen LogP contribution is -2.06. The number of halogens is 2. The van der Waals surface area contributed by atoms with E-state index >= 15 is 0 Å². The van der Waals surface area contributed by atoms with Gasteiger partial charge in [-0.15, -0.1) is 0 Å². The monoisotopic (exact) mass is 281 g/mol. The highest BCUT2D eigenvalue weighted by molar-refractivity contribution is 5.89. The predicted molar refractivity (Wildman–Crippen MR) is 68.7 cm³/mol. The van der Waals surface area contributed by atoms with Crippen LogP contribution in [0.4, 0.5) is 14.5 Å². The van der Waals surface area contributed by atoms with Crippen molar-refractivity contribution >= 4 is 11.7 Å². The van der Waals surface area contributed by atoms with Gasteiger partial charge in [0.05, 0.1) is 17.8 Å². The van der Waals surface area contributed by atoms with Crippen LogP contribution in [0.25, 0.3) is 0 Å². The maximum atomic E-state index is 13.5. The van der Waals surface area contributed by atoms with E-state index in [0.29, 0.717) is 11.8 Å². The van der Waals surface area contributed by atoms with Crippen molar-refractivity contribution in [2.45, 2.75) is 19.9 Å². The quantitative estimate of drug-likeness (QED) is 0.881. The van der Waals surface area contributed by atoms with E-state index in [1.807, 2.05) is 6.92 Å². The minimum Gasteiger partial charge on any atom is -0.478 e. The van der Waals surface area contributed by atoms with Crippen LogP contribution in [0.1, 0.15) is 28.8 Å². The van der Waals surface area contributed by atoms with E-state index in [-0.39, 0.29) is 12.2 Å². The van der Waals surface area contributed by atoms with E-state index in [1.165, 1.54) is 0 Å². The minimum absolute atomic E-state index is 0.0850. The third-order valence-electron chi connectivity index (χ3n) is 2.81. The van der Waals surface area contributed by atoms with Gasteiger partial charge in [0.1, 0.15) is 23.2 Å². The molecule has 0 atom stereocenters. The summed E-state index contributed by atoms with van der Waals surface area (Å²) in [5.74, 6) is -2.02. The van der Waals surface area contributed by atoms with Crippen LogP contribution in [0.5, 0.6) is 0 Å². The van der Waals surface area contributed by atoms with Crippen molar-refractivity contribution in [3.63, 3.8) is 0 Å². The smallest absolute Gasteiger partial charge is 0.338 e. The number of hydrogen-bond acceptors (Lipinski definition) is 3. The fourth-order valence-corrected chi connectivity index (χ4v) is 1.74. The number of carboxylic acid groups (broad SMARTS) is 1. The third kappa shape index (κ3) is 2.96. The van der Waals surface area contributed by atoms with Gasteiger partial charge < -0.3 is 14.8 Å². The molecule has 1 aromatic heterocycles. The molecule has 0 saturated heterocycles. The van der Waals surface area contributed by atoms with Gasteiger partial charge in [-0.25, -0.2) is 13.6 Å². The summed E-state index contributed by atoms with van der Waals surface area (Å²) in [5, 5.41) is 11.5. The molecule has 0 aliphatic carbocycles. The Labute approximate surface area is 114 Å². The van der Waals surface area contributed by atoms with Crippen molar-refractivity contribution in [1.82, 2.24) is 0 Å². The van der Waals surface area contributed by atoms with Gasteiger partial charge in [0.2, 0.25) is 0 Å². The number of hydrogen-bond donors (Lipinski definition) is 2. The van der Waals surface area contributed by atoms with Crippen molar-refractivity contribution in [2.24, 2.45) is 0 Å². The van der Waals surface area contributed by atoms with Crippen molar-refractivity contribution in [3.8, 4) is 0 Å². The maximum Gasteiger partial charge on any atom is 0.338 e. The van der Waals surface area contributed by atoms with Crippen LogP contribution < -0.4 is 5.32 Å². The lowest BCUT2D eigenvalue weighted by molar-refractivity contribution is 0.0692. The van der Waals surface area contributed by atoms with Crippen LogP contribution in [-0.2, 0) is 13.0 Å². The van der Waals surface area contributed by atoms with Crippen LogP contribution in [0.3, 0.4) is 0 Å². The van der Waals surface area contributed by atoms with E-state index in [0.717, 1.165) is 18.2 Å². The molecule has 1 aromatic carbocycles. The molecule has 0 radical (unpaired) electrons. The van der Waals surface area contributed by atoms with E-state index in [9.17, 15) is 13.6 Å². The molecule has 0 bridgehead atoms. The predicted octanol–water partition coefficient (Wildman–Crippen LogP) is 3.43. The molecule has 0 amide bonds. The van der Waals surface area contributed by atoms with Crippen LogP contribution in [0.2, 0.25) is 0 Å². The first-order chi connectivity index (χ1) is 9.51. The fraction of sp³-hybridized carbons (Fsp3) is 0.214. The Balaban J connectivity index is 2.16. The maximum absolute atomic E-state index is 13.5. The molecule has 0 aliphatic heterocycles. The average molecular weight is 281 g/mol. The summed E-state index contributed by atoms with van der Waals surface area (Å²) in [7, 11) is 0. The van der Waals surface area contributed by atoms with Gasteiger partial charge in [-0.05, 0) is 18.2 Å². The number of rotatable bonds is 5. The molecule has 0 unspecified atom stereocenters. The molecule has 4 nitrogen and oxygen atoms in total. The second-order valence-electron chi connectivity index (χ2n) is 4.19. The Kier molecular flexibility index (Phi) is 4.02. The molecular formula is C14H13F2NO3. The number of nitrogens with one attached hydrogen (secondary N) is 1. The zero-order valence-electron chi connectivity index (χ0n) is 10.7. The summed E-state index contributed by atoms with van der Waals surface area (Å²) < 4.78 is 32.2. The SMILES string of the molecule is CCc1ccc(CNc2cc(C(=O)O)c(F)cc2F)o1. The highest BCUT2D eigenvalue weighted by Gasteiger charge is 2.15. The summed E-state index contributed by atoms with van der Waals surface area (Å²) in [6.07, 6.45) is 0.744. The number of carboxylic acids is 1. The topological polar surface area (TPSA) is 62.5 Å². The normalized spacial score (nSPS) is 10.6. The van der Waals surface area contributed by atoms with Gasteiger partial charge >= 0.3 is 5.97 Å². The van der Waals surface area contributed by atoms with Gasteiger partial charge in [-0.2, -0.15) is 0 Å². The van der Waals surface area contributed by atoms with E-state index in [4.69, 9.17) is 9.52 Å². The first-order valence-corrected chi connectivity index (χ1v) is 6.05. The summed E-state index contributed by atoms with van der Waals surface area (Å²) in [6, 6.07) is 5.02. The van der Waals surface area contributed by atoms with Crippen LogP contribution >= 0.6 is 0 Å². The van der Waals surface area contributed by atoms with Crippen molar-refractivity contribution in [1.29, 1.82) is 0 Å². The summed E-state index contributed by atoms with van der Waals surface area (Å²) in [5.41, 5.74) is -0.666. The lowest BCUT2D eigenvalue weighted by atomic mass is 10.1. The Morgan fingerprint density at radius 1 is 1.25 bits per heavy atom. The van der Waals surface area contributed by atoms with Crippen molar-refractivity contribution < 1.29 is 23.1 Å². The molecule has 2 rings (SSSR count).